The van der Waals surface area contributed by atoms with Gasteiger partial charge in [0, 0.05) is 13.5 Å². The fourth-order valence-corrected chi connectivity index (χ4v) is 4.15. The third kappa shape index (κ3) is 10.0. The normalized spacial score (nSPS) is 12.9. The van der Waals surface area contributed by atoms with E-state index < -0.39 is 47.1 Å². The summed E-state index contributed by atoms with van der Waals surface area (Å²) in [6.07, 6.45) is -1.17. The van der Waals surface area contributed by atoms with E-state index >= 15 is 0 Å². The Labute approximate surface area is 240 Å². The maximum absolute atomic E-state index is 14.0. The molecule has 3 atom stereocenters. The van der Waals surface area contributed by atoms with Crippen molar-refractivity contribution in [2.24, 2.45) is 5.92 Å². The molecular formula is C29H37N3O7S. The minimum atomic E-state index is -1.27. The van der Waals surface area contributed by atoms with Crippen molar-refractivity contribution < 1.29 is 33.4 Å². The van der Waals surface area contributed by atoms with Crippen LogP contribution in [0.2, 0.25) is 0 Å². The number of thiol groups is 1. The first-order chi connectivity index (χ1) is 19.1. The van der Waals surface area contributed by atoms with E-state index in [-0.39, 0.29) is 31.8 Å². The van der Waals surface area contributed by atoms with Gasteiger partial charge in [-0.2, -0.15) is 12.6 Å². The van der Waals surface area contributed by atoms with Crippen LogP contribution in [0.15, 0.2) is 60.7 Å². The van der Waals surface area contributed by atoms with Gasteiger partial charge < -0.3 is 20.1 Å². The maximum Gasteiger partial charge on any atom is 0.417 e. The number of nitrogens with zero attached hydrogens (tertiary/aromatic N) is 1. The third-order valence-corrected chi connectivity index (χ3v) is 6.40. The first-order valence-corrected chi connectivity index (χ1v) is 13.4. The second-order valence-electron chi connectivity index (χ2n) is 9.55. The van der Waals surface area contributed by atoms with Crippen molar-refractivity contribution in [1.82, 2.24) is 15.5 Å². The van der Waals surface area contributed by atoms with Crippen LogP contribution < -0.4 is 10.6 Å². The highest BCUT2D eigenvalue weighted by Crippen LogP contribution is 2.18. The van der Waals surface area contributed by atoms with E-state index in [1.54, 1.807) is 48.5 Å². The molecule has 0 fully saturated rings. The Morgan fingerprint density at radius 1 is 0.900 bits per heavy atom. The van der Waals surface area contributed by atoms with Crippen LogP contribution in [-0.2, 0) is 41.7 Å². The first-order valence-electron chi connectivity index (χ1n) is 12.9. The number of imide groups is 1. The second kappa shape index (κ2) is 16.3. The van der Waals surface area contributed by atoms with E-state index in [0.717, 1.165) is 4.90 Å². The molecule has 2 rings (SSSR count). The van der Waals surface area contributed by atoms with Crippen LogP contribution >= 0.6 is 12.6 Å². The first kappa shape index (κ1) is 32.4. The molecule has 0 spiro atoms. The van der Waals surface area contributed by atoms with Gasteiger partial charge in [0.05, 0.1) is 18.8 Å². The number of benzene rings is 2. The standard InChI is InChI=1S/C29H37N3O7S/c1-19(2)15-22(31-27(35)24(40)17-25(33)38-4)28(36)32(29(37)39-18-21-13-9-6-10-14-21)23(26(34)30-3)16-20-11-7-5-8-12-20/h5-14,19,22-24,40H,15-18H2,1-4H3,(H,30,34)(H,31,35)/t22-,23-,24?/m0/s1. The van der Waals surface area contributed by atoms with Crippen LogP contribution in [0.4, 0.5) is 4.79 Å². The van der Waals surface area contributed by atoms with E-state index in [4.69, 9.17) is 4.74 Å². The topological polar surface area (TPSA) is 131 Å². The van der Waals surface area contributed by atoms with E-state index in [0.29, 0.717) is 11.1 Å². The number of hydrogen-bond donors (Lipinski definition) is 3. The summed E-state index contributed by atoms with van der Waals surface area (Å²) in [5.41, 5.74) is 1.40. The lowest BCUT2D eigenvalue weighted by atomic mass is 9.99. The molecule has 0 saturated heterocycles. The van der Waals surface area contributed by atoms with E-state index in [2.05, 4.69) is 28.0 Å². The molecule has 11 heteroatoms. The summed E-state index contributed by atoms with van der Waals surface area (Å²) in [7, 11) is 2.60. The minimum absolute atomic E-state index is 0.0204. The minimum Gasteiger partial charge on any atom is -0.469 e. The van der Waals surface area contributed by atoms with Crippen LogP contribution in [0.1, 0.15) is 37.8 Å². The Hall–Kier alpha value is -3.86. The van der Waals surface area contributed by atoms with E-state index in [1.807, 2.05) is 26.0 Å². The largest absolute Gasteiger partial charge is 0.469 e. The van der Waals surface area contributed by atoms with Crippen molar-refractivity contribution in [2.45, 2.75) is 57.1 Å². The van der Waals surface area contributed by atoms with Crippen LogP contribution in [-0.4, -0.2) is 66.2 Å². The molecule has 1 unspecified atom stereocenters. The summed E-state index contributed by atoms with van der Waals surface area (Å²) in [6, 6.07) is 15.4. The third-order valence-electron chi connectivity index (χ3n) is 5.98. The van der Waals surface area contributed by atoms with E-state index in [1.165, 1.54) is 14.2 Å². The van der Waals surface area contributed by atoms with Gasteiger partial charge in [-0.1, -0.05) is 74.5 Å². The lowest BCUT2D eigenvalue weighted by molar-refractivity contribution is -0.143. The Kier molecular flexibility index (Phi) is 13.2. The summed E-state index contributed by atoms with van der Waals surface area (Å²) in [5.74, 6) is -2.81. The van der Waals surface area contributed by atoms with Gasteiger partial charge in [0.1, 0.15) is 18.7 Å². The second-order valence-corrected chi connectivity index (χ2v) is 10.2. The van der Waals surface area contributed by atoms with Crippen LogP contribution in [0.25, 0.3) is 0 Å². The summed E-state index contributed by atoms with van der Waals surface area (Å²) in [4.78, 5) is 66.0. The SMILES string of the molecule is CNC(=O)[C@H](Cc1ccccc1)N(C(=O)OCc1ccccc1)C(=O)[C@H](CC(C)C)NC(=O)C(S)CC(=O)OC. The molecule has 0 radical (unpaired) electrons. The van der Waals surface area contributed by atoms with Gasteiger partial charge in [-0.25, -0.2) is 9.69 Å². The number of hydrogen-bond acceptors (Lipinski definition) is 8. The molecule has 0 aliphatic heterocycles. The zero-order valence-corrected chi connectivity index (χ0v) is 24.1. The molecule has 40 heavy (non-hydrogen) atoms. The molecule has 2 N–H and O–H groups in total. The van der Waals surface area contributed by atoms with Crippen molar-refractivity contribution in [3.63, 3.8) is 0 Å². The predicted octanol–water partition coefficient (Wildman–Crippen LogP) is 2.90. The van der Waals surface area contributed by atoms with Gasteiger partial charge in [0.2, 0.25) is 11.8 Å². The number of likely N-dealkylation sites (N-methyl/N-ethyl adjacent to an activating group) is 1. The summed E-state index contributed by atoms with van der Waals surface area (Å²) >= 11 is 4.18. The number of amides is 4. The van der Waals surface area contributed by atoms with Crippen LogP contribution in [0, 0.1) is 5.92 Å². The molecule has 0 aliphatic carbocycles. The fourth-order valence-electron chi connectivity index (χ4n) is 3.93. The molecule has 0 aromatic heterocycles. The Morgan fingerprint density at radius 3 is 2.00 bits per heavy atom. The van der Waals surface area contributed by atoms with Gasteiger partial charge in [-0.05, 0) is 23.5 Å². The monoisotopic (exact) mass is 571 g/mol. The number of carbonyl (C=O) groups is 5. The molecule has 10 nitrogen and oxygen atoms in total. The smallest absolute Gasteiger partial charge is 0.417 e. The number of nitrogens with one attached hydrogen (secondary N) is 2. The average molecular weight is 572 g/mol. The molecule has 0 heterocycles. The van der Waals surface area contributed by atoms with E-state index in [9.17, 15) is 24.0 Å². The number of methoxy groups -OCH3 is 1. The lowest BCUT2D eigenvalue weighted by Crippen LogP contribution is -2.59. The number of rotatable bonds is 13. The van der Waals surface area contributed by atoms with Crippen molar-refractivity contribution >= 4 is 42.4 Å². The summed E-state index contributed by atoms with van der Waals surface area (Å²) < 4.78 is 10.1. The lowest BCUT2D eigenvalue weighted by Gasteiger charge is -2.32. The molecule has 2 aromatic carbocycles. The molecular weight excluding hydrogens is 534 g/mol. The Bertz CT molecular complexity index is 1140. The highest BCUT2D eigenvalue weighted by molar-refractivity contribution is 7.81. The van der Waals surface area contributed by atoms with Crippen LogP contribution in [0.5, 0.6) is 0 Å². The predicted molar refractivity (Wildman–Crippen MR) is 152 cm³/mol. The number of carbonyl (C=O) groups excluding carboxylic acids is 5. The molecule has 4 amide bonds. The maximum atomic E-state index is 14.0. The highest BCUT2D eigenvalue weighted by Gasteiger charge is 2.40. The van der Waals surface area contributed by atoms with Crippen molar-refractivity contribution in [3.05, 3.63) is 71.8 Å². The molecule has 0 aliphatic rings. The molecule has 216 valence electrons. The van der Waals surface area contributed by atoms with Gasteiger partial charge >= 0.3 is 12.1 Å². The van der Waals surface area contributed by atoms with Crippen molar-refractivity contribution in [1.29, 1.82) is 0 Å². The number of esters is 1. The molecule has 2 aromatic rings. The van der Waals surface area contributed by atoms with Gasteiger partial charge in [0.15, 0.2) is 0 Å². The zero-order valence-electron chi connectivity index (χ0n) is 23.2. The van der Waals surface area contributed by atoms with Gasteiger partial charge in [-0.3, -0.25) is 19.2 Å². The van der Waals surface area contributed by atoms with Gasteiger partial charge in [-0.15, -0.1) is 0 Å². The highest BCUT2D eigenvalue weighted by atomic mass is 32.1. The summed E-state index contributed by atoms with van der Waals surface area (Å²) in [6.45, 7) is 3.56. The average Bonchev–Trinajstić information content (AvgIpc) is 2.95. The fraction of sp³-hybridized carbons (Fsp3) is 0.414. The Balaban J connectivity index is 2.44. The quantitative estimate of drug-likeness (QED) is 0.249. The van der Waals surface area contributed by atoms with Crippen molar-refractivity contribution in [3.8, 4) is 0 Å². The summed E-state index contributed by atoms with van der Waals surface area (Å²) in [5, 5.41) is 4.04. The molecule has 0 saturated carbocycles. The van der Waals surface area contributed by atoms with Crippen molar-refractivity contribution in [2.75, 3.05) is 14.2 Å². The molecule has 0 bridgehead atoms. The van der Waals surface area contributed by atoms with Crippen LogP contribution in [0.3, 0.4) is 0 Å². The van der Waals surface area contributed by atoms with Gasteiger partial charge in [0.25, 0.3) is 5.91 Å². The number of ether oxygens (including phenoxy) is 2. The Morgan fingerprint density at radius 2 is 1.48 bits per heavy atom. The zero-order chi connectivity index (χ0) is 29.7.